The summed E-state index contributed by atoms with van der Waals surface area (Å²) in [6, 6.07) is 4.09. The van der Waals surface area contributed by atoms with E-state index in [1.807, 2.05) is 40.8 Å². The Morgan fingerprint density at radius 3 is 2.53 bits per heavy atom. The number of rotatable bonds is 5. The molecule has 1 amide bonds. The Kier molecular flexibility index (Phi) is 4.34. The van der Waals surface area contributed by atoms with E-state index in [4.69, 9.17) is 0 Å². The molecule has 0 atom stereocenters. The van der Waals surface area contributed by atoms with Crippen LogP contribution in [0, 0.1) is 6.92 Å². The lowest BCUT2D eigenvalue weighted by atomic mass is 10.0. The number of carbonyl (C=O) groups excluding carboxylic acids is 1. The Morgan fingerprint density at radius 1 is 1.41 bits per heavy atom. The van der Waals surface area contributed by atoms with Gasteiger partial charge >= 0.3 is 0 Å². The second kappa shape index (κ2) is 5.36. The Morgan fingerprint density at radius 2 is 2.06 bits per heavy atom. The predicted octanol–water partition coefficient (Wildman–Crippen LogP) is 1.34. The Bertz CT molecular complexity index is 393. The fourth-order valence-corrected chi connectivity index (χ4v) is 1.76. The van der Waals surface area contributed by atoms with Crippen molar-refractivity contribution in [1.82, 2.24) is 15.2 Å². The first-order valence-corrected chi connectivity index (χ1v) is 6.03. The van der Waals surface area contributed by atoms with Crippen molar-refractivity contribution in [3.63, 3.8) is 0 Å². The number of likely N-dealkylation sites (N-methyl/N-ethyl adjacent to an activating group) is 1. The number of aromatic nitrogens is 1. The molecule has 0 fully saturated rings. The Hall–Kier alpha value is -1.29. The highest BCUT2D eigenvalue weighted by atomic mass is 16.2. The number of hydrogen-bond donors (Lipinski definition) is 2. The summed E-state index contributed by atoms with van der Waals surface area (Å²) < 4.78 is 2.08. The molecule has 2 N–H and O–H groups in total. The number of carbonyl (C=O) groups is 1. The quantitative estimate of drug-likeness (QED) is 0.811. The molecule has 0 saturated carbocycles. The van der Waals surface area contributed by atoms with Gasteiger partial charge in [-0.15, -0.1) is 0 Å². The van der Waals surface area contributed by atoms with Crippen molar-refractivity contribution in [2.24, 2.45) is 7.05 Å². The van der Waals surface area contributed by atoms with Gasteiger partial charge < -0.3 is 15.2 Å². The van der Waals surface area contributed by atoms with Gasteiger partial charge in [-0.3, -0.25) is 4.79 Å². The van der Waals surface area contributed by atoms with Gasteiger partial charge in [0.15, 0.2) is 0 Å². The second-order valence-electron chi connectivity index (χ2n) is 4.86. The molecule has 0 aliphatic carbocycles. The van der Waals surface area contributed by atoms with E-state index in [-0.39, 0.29) is 5.91 Å². The summed E-state index contributed by atoms with van der Waals surface area (Å²) in [5.74, 6) is 0.0261. The lowest BCUT2D eigenvalue weighted by molar-refractivity contribution is -0.126. The van der Waals surface area contributed by atoms with E-state index in [9.17, 15) is 4.79 Å². The molecule has 1 heterocycles. The average Bonchev–Trinajstić information content (AvgIpc) is 2.56. The second-order valence-corrected chi connectivity index (χ2v) is 4.86. The third-order valence-electron chi connectivity index (χ3n) is 3.09. The zero-order valence-electron chi connectivity index (χ0n) is 11.4. The van der Waals surface area contributed by atoms with Crippen molar-refractivity contribution in [3.05, 3.63) is 23.5 Å². The van der Waals surface area contributed by atoms with Gasteiger partial charge in [0, 0.05) is 18.4 Å². The van der Waals surface area contributed by atoms with Gasteiger partial charge in [-0.2, -0.15) is 0 Å². The highest BCUT2D eigenvalue weighted by Gasteiger charge is 2.25. The normalized spacial score (nSPS) is 11.6. The van der Waals surface area contributed by atoms with Crippen molar-refractivity contribution in [2.45, 2.75) is 39.8 Å². The molecule has 4 nitrogen and oxygen atoms in total. The molecule has 4 heteroatoms. The van der Waals surface area contributed by atoms with Gasteiger partial charge in [-0.05, 0) is 39.4 Å². The van der Waals surface area contributed by atoms with Crippen LogP contribution in [-0.2, 0) is 18.4 Å². The molecule has 0 radical (unpaired) electrons. The summed E-state index contributed by atoms with van der Waals surface area (Å²) in [6.45, 7) is 9.18. The van der Waals surface area contributed by atoms with Crippen LogP contribution < -0.4 is 10.6 Å². The Labute approximate surface area is 103 Å². The maximum absolute atomic E-state index is 12.0. The van der Waals surface area contributed by atoms with Crippen LogP contribution in [-0.4, -0.2) is 22.6 Å². The van der Waals surface area contributed by atoms with Crippen LogP contribution in [0.3, 0.4) is 0 Å². The molecule has 1 aromatic rings. The minimum atomic E-state index is -0.519. The molecule has 0 bridgehead atoms. The van der Waals surface area contributed by atoms with E-state index in [2.05, 4.69) is 21.3 Å². The fourth-order valence-electron chi connectivity index (χ4n) is 1.76. The van der Waals surface area contributed by atoms with Crippen LogP contribution >= 0.6 is 0 Å². The van der Waals surface area contributed by atoms with Crippen LogP contribution in [0.15, 0.2) is 12.1 Å². The zero-order valence-corrected chi connectivity index (χ0v) is 11.4. The van der Waals surface area contributed by atoms with Crippen LogP contribution in [0.25, 0.3) is 0 Å². The number of hydrogen-bond acceptors (Lipinski definition) is 2. The minimum Gasteiger partial charge on any atom is -0.350 e. The van der Waals surface area contributed by atoms with E-state index in [0.29, 0.717) is 6.54 Å². The third-order valence-corrected chi connectivity index (χ3v) is 3.09. The maximum atomic E-state index is 12.0. The number of aryl methyl sites for hydroxylation is 1. The van der Waals surface area contributed by atoms with Gasteiger partial charge in [0.2, 0.25) is 5.91 Å². The smallest absolute Gasteiger partial charge is 0.240 e. The first-order valence-electron chi connectivity index (χ1n) is 6.03. The molecule has 0 unspecified atom stereocenters. The summed E-state index contributed by atoms with van der Waals surface area (Å²) in [6.07, 6.45) is 0. The zero-order chi connectivity index (χ0) is 13.1. The van der Waals surface area contributed by atoms with Crippen molar-refractivity contribution in [2.75, 3.05) is 6.54 Å². The largest absolute Gasteiger partial charge is 0.350 e. The first kappa shape index (κ1) is 13.8. The molecule has 17 heavy (non-hydrogen) atoms. The standard InChI is InChI=1S/C13H23N3O/c1-6-15-13(3,4)12(17)14-9-11-8-7-10(2)16(11)5/h7-8,15H,6,9H2,1-5H3,(H,14,17). The highest BCUT2D eigenvalue weighted by Crippen LogP contribution is 2.07. The minimum absolute atomic E-state index is 0.0261. The molecule has 96 valence electrons. The molecule has 0 aliphatic heterocycles. The number of nitrogens with zero attached hydrogens (tertiary/aromatic N) is 1. The molecule has 0 saturated heterocycles. The molecular formula is C13H23N3O. The van der Waals surface area contributed by atoms with Crippen LogP contribution in [0.5, 0.6) is 0 Å². The molecule has 0 aromatic carbocycles. The van der Waals surface area contributed by atoms with Crippen molar-refractivity contribution < 1.29 is 4.79 Å². The molecular weight excluding hydrogens is 214 g/mol. The van der Waals surface area contributed by atoms with Crippen molar-refractivity contribution >= 4 is 5.91 Å². The van der Waals surface area contributed by atoms with Crippen LogP contribution in [0.1, 0.15) is 32.2 Å². The van der Waals surface area contributed by atoms with E-state index in [0.717, 1.165) is 12.2 Å². The monoisotopic (exact) mass is 237 g/mol. The summed E-state index contributed by atoms with van der Waals surface area (Å²) in [5.41, 5.74) is 1.79. The van der Waals surface area contributed by atoms with E-state index >= 15 is 0 Å². The van der Waals surface area contributed by atoms with Gasteiger partial charge in [0.25, 0.3) is 0 Å². The van der Waals surface area contributed by atoms with E-state index < -0.39 is 5.54 Å². The van der Waals surface area contributed by atoms with Gasteiger partial charge in [0.1, 0.15) is 0 Å². The van der Waals surface area contributed by atoms with Crippen LogP contribution in [0.4, 0.5) is 0 Å². The summed E-state index contributed by atoms with van der Waals surface area (Å²) in [4.78, 5) is 12.0. The van der Waals surface area contributed by atoms with Gasteiger partial charge in [-0.25, -0.2) is 0 Å². The maximum Gasteiger partial charge on any atom is 0.240 e. The lowest BCUT2D eigenvalue weighted by Gasteiger charge is -2.24. The van der Waals surface area contributed by atoms with Gasteiger partial charge in [0.05, 0.1) is 12.1 Å². The number of nitrogens with one attached hydrogen (secondary N) is 2. The summed E-state index contributed by atoms with van der Waals surface area (Å²) in [7, 11) is 2.01. The molecule has 1 aromatic heterocycles. The highest BCUT2D eigenvalue weighted by molar-refractivity contribution is 5.85. The van der Waals surface area contributed by atoms with E-state index in [1.165, 1.54) is 5.69 Å². The van der Waals surface area contributed by atoms with Crippen molar-refractivity contribution in [3.8, 4) is 0 Å². The fraction of sp³-hybridized carbons (Fsp3) is 0.615. The SMILES string of the molecule is CCNC(C)(C)C(=O)NCc1ccc(C)n1C. The average molecular weight is 237 g/mol. The topological polar surface area (TPSA) is 46.1 Å². The molecule has 0 spiro atoms. The van der Waals surface area contributed by atoms with E-state index in [1.54, 1.807) is 0 Å². The van der Waals surface area contributed by atoms with Crippen molar-refractivity contribution in [1.29, 1.82) is 0 Å². The summed E-state index contributed by atoms with van der Waals surface area (Å²) in [5, 5.41) is 6.11. The molecule has 1 rings (SSSR count). The predicted molar refractivity (Wildman–Crippen MR) is 69.8 cm³/mol. The van der Waals surface area contributed by atoms with Crippen LogP contribution in [0.2, 0.25) is 0 Å². The first-order chi connectivity index (χ1) is 7.88. The molecule has 0 aliphatic rings. The lowest BCUT2D eigenvalue weighted by Crippen LogP contribution is -2.52. The Balaban J connectivity index is 2.57. The van der Waals surface area contributed by atoms with Gasteiger partial charge in [-0.1, -0.05) is 6.92 Å². The summed E-state index contributed by atoms with van der Waals surface area (Å²) >= 11 is 0. The number of amides is 1. The third kappa shape index (κ3) is 3.33.